The third kappa shape index (κ3) is 2.04. The van der Waals surface area contributed by atoms with E-state index in [1.54, 1.807) is 6.07 Å². The van der Waals surface area contributed by atoms with Crippen LogP contribution in [-0.4, -0.2) is 22.2 Å². The van der Waals surface area contributed by atoms with Crippen molar-refractivity contribution in [1.29, 1.82) is 5.26 Å². The Morgan fingerprint density at radius 1 is 1.50 bits per heavy atom. The molecule has 0 aliphatic heterocycles. The maximum Gasteiger partial charge on any atom is 0.488 e. The van der Waals surface area contributed by atoms with Crippen LogP contribution >= 0.6 is 15.9 Å². The van der Waals surface area contributed by atoms with Crippen molar-refractivity contribution in [3.8, 4) is 6.07 Å². The molecule has 12 heavy (non-hydrogen) atoms. The van der Waals surface area contributed by atoms with Crippen molar-refractivity contribution in [2.24, 2.45) is 0 Å². The van der Waals surface area contributed by atoms with Crippen molar-refractivity contribution in [3.63, 3.8) is 0 Å². The van der Waals surface area contributed by atoms with E-state index in [0.29, 0.717) is 4.60 Å². The zero-order valence-corrected chi connectivity index (χ0v) is 7.48. The first-order valence-electron chi connectivity index (χ1n) is 3.07. The van der Waals surface area contributed by atoms with Gasteiger partial charge in [0.2, 0.25) is 0 Å². The van der Waals surface area contributed by atoms with E-state index < -0.39 is 7.12 Å². The number of halogens is 1. The van der Waals surface area contributed by atoms with Gasteiger partial charge in [-0.15, -0.1) is 0 Å². The zero-order valence-electron chi connectivity index (χ0n) is 5.90. The molecule has 1 heterocycles. The Kier molecular flexibility index (Phi) is 2.81. The summed E-state index contributed by atoms with van der Waals surface area (Å²) < 4.78 is 0.407. The Hall–Kier alpha value is -0.895. The quantitative estimate of drug-likeness (QED) is 0.495. The predicted octanol–water partition coefficient (Wildman–Crippen LogP) is -0.604. The molecule has 60 valence electrons. The van der Waals surface area contributed by atoms with Gasteiger partial charge in [0.1, 0.15) is 16.4 Å². The van der Waals surface area contributed by atoms with Crippen molar-refractivity contribution in [2.75, 3.05) is 0 Å². The molecule has 0 fully saturated rings. The van der Waals surface area contributed by atoms with E-state index in [0.717, 1.165) is 0 Å². The smallest absolute Gasteiger partial charge is 0.423 e. The molecule has 1 rings (SSSR count). The Balaban J connectivity index is 3.17. The molecule has 0 atom stereocenters. The summed E-state index contributed by atoms with van der Waals surface area (Å²) in [5, 5.41) is 26.0. The third-order valence-electron chi connectivity index (χ3n) is 1.23. The molecule has 1 aromatic heterocycles. The molecule has 1 aromatic rings. The van der Waals surface area contributed by atoms with Gasteiger partial charge in [0.15, 0.2) is 0 Å². The molecule has 0 radical (unpaired) electrons. The molecule has 2 N–H and O–H groups in total. The second-order valence-corrected chi connectivity index (χ2v) is 2.91. The summed E-state index contributed by atoms with van der Waals surface area (Å²) in [6.07, 6.45) is 0. The Labute approximate surface area is 77.8 Å². The van der Waals surface area contributed by atoms with Crippen molar-refractivity contribution >= 4 is 28.5 Å². The largest absolute Gasteiger partial charge is 0.488 e. The van der Waals surface area contributed by atoms with E-state index in [1.165, 1.54) is 12.1 Å². The van der Waals surface area contributed by atoms with E-state index in [4.69, 9.17) is 15.3 Å². The van der Waals surface area contributed by atoms with Gasteiger partial charge in [0, 0.05) is 0 Å². The lowest BCUT2D eigenvalue weighted by molar-refractivity contribution is 0.425. The van der Waals surface area contributed by atoms with Gasteiger partial charge in [-0.05, 0) is 33.5 Å². The van der Waals surface area contributed by atoms with Crippen LogP contribution in [0.2, 0.25) is 0 Å². The fraction of sp³-hybridized carbons (Fsp3) is 0. The summed E-state index contributed by atoms with van der Waals surface area (Å²) in [5.41, 5.74) is 0.390. The minimum Gasteiger partial charge on any atom is -0.423 e. The summed E-state index contributed by atoms with van der Waals surface area (Å²) in [4.78, 5) is 3.77. The standard InChI is InChI=1S/C6H4BBrN2O2/c8-6-2-4(7(11)12)1-5(3-9)10-6/h1-2,11-12H. The molecule has 0 aliphatic carbocycles. The SMILES string of the molecule is N#Cc1cc(B(O)O)cc(Br)n1. The molecular weight excluding hydrogens is 223 g/mol. The number of pyridine rings is 1. The van der Waals surface area contributed by atoms with Crippen LogP contribution < -0.4 is 5.46 Å². The van der Waals surface area contributed by atoms with E-state index in [2.05, 4.69) is 20.9 Å². The normalized spacial score (nSPS) is 9.17. The van der Waals surface area contributed by atoms with Crippen LogP contribution in [-0.2, 0) is 0 Å². The summed E-state index contributed by atoms with van der Waals surface area (Å²) >= 11 is 3.04. The van der Waals surface area contributed by atoms with Gasteiger partial charge >= 0.3 is 7.12 Å². The Morgan fingerprint density at radius 3 is 2.67 bits per heavy atom. The molecule has 0 saturated heterocycles. The van der Waals surface area contributed by atoms with Crippen molar-refractivity contribution in [2.45, 2.75) is 0 Å². The van der Waals surface area contributed by atoms with Crippen molar-refractivity contribution in [3.05, 3.63) is 22.4 Å². The predicted molar refractivity (Wildman–Crippen MR) is 46.5 cm³/mol. The molecule has 6 heteroatoms. The monoisotopic (exact) mass is 226 g/mol. The molecule has 4 nitrogen and oxygen atoms in total. The number of hydrogen-bond donors (Lipinski definition) is 2. The lowest BCUT2D eigenvalue weighted by atomic mass is 9.81. The van der Waals surface area contributed by atoms with E-state index in [-0.39, 0.29) is 11.2 Å². The van der Waals surface area contributed by atoms with Gasteiger partial charge in [0.25, 0.3) is 0 Å². The van der Waals surface area contributed by atoms with Crippen molar-refractivity contribution < 1.29 is 10.0 Å². The van der Waals surface area contributed by atoms with Crippen LogP contribution in [0.25, 0.3) is 0 Å². The van der Waals surface area contributed by atoms with Gasteiger partial charge in [-0.25, -0.2) is 4.98 Å². The topological polar surface area (TPSA) is 77.1 Å². The zero-order chi connectivity index (χ0) is 9.14. The molecule has 0 saturated carbocycles. The number of nitriles is 1. The van der Waals surface area contributed by atoms with Gasteiger partial charge in [-0.3, -0.25) is 0 Å². The lowest BCUT2D eigenvalue weighted by Crippen LogP contribution is -2.30. The fourth-order valence-corrected chi connectivity index (χ4v) is 1.18. The molecule has 0 amide bonds. The average Bonchev–Trinajstić information content (AvgIpc) is 2.03. The summed E-state index contributed by atoms with van der Waals surface area (Å²) in [5.74, 6) is 0. The first kappa shape index (κ1) is 9.19. The van der Waals surface area contributed by atoms with Crippen LogP contribution in [0.5, 0.6) is 0 Å². The van der Waals surface area contributed by atoms with Gasteiger partial charge in [-0.1, -0.05) is 0 Å². The van der Waals surface area contributed by atoms with E-state index in [1.807, 2.05) is 0 Å². The molecule has 0 unspecified atom stereocenters. The molecule has 0 aliphatic rings. The summed E-state index contributed by atoms with van der Waals surface area (Å²) in [6.45, 7) is 0. The number of hydrogen-bond acceptors (Lipinski definition) is 4. The molecular formula is C6H4BBrN2O2. The van der Waals surface area contributed by atoms with E-state index in [9.17, 15) is 0 Å². The van der Waals surface area contributed by atoms with Crippen LogP contribution in [0.1, 0.15) is 5.69 Å². The average molecular weight is 227 g/mol. The van der Waals surface area contributed by atoms with Crippen LogP contribution in [0.4, 0.5) is 0 Å². The molecule has 0 aromatic carbocycles. The Morgan fingerprint density at radius 2 is 2.17 bits per heavy atom. The third-order valence-corrected chi connectivity index (χ3v) is 1.64. The molecule has 0 bridgehead atoms. The highest BCUT2D eigenvalue weighted by atomic mass is 79.9. The van der Waals surface area contributed by atoms with Gasteiger partial charge < -0.3 is 10.0 Å². The first-order valence-corrected chi connectivity index (χ1v) is 3.86. The molecule has 0 spiro atoms. The Bertz CT molecular complexity index is 337. The minimum atomic E-state index is -1.57. The second-order valence-electron chi connectivity index (χ2n) is 2.09. The highest BCUT2D eigenvalue weighted by Gasteiger charge is 2.12. The van der Waals surface area contributed by atoms with Crippen molar-refractivity contribution in [1.82, 2.24) is 4.98 Å². The van der Waals surface area contributed by atoms with Gasteiger partial charge in [0.05, 0.1) is 0 Å². The van der Waals surface area contributed by atoms with Crippen LogP contribution in [0.15, 0.2) is 16.7 Å². The fourth-order valence-electron chi connectivity index (χ4n) is 0.723. The lowest BCUT2D eigenvalue weighted by Gasteiger charge is -1.99. The minimum absolute atomic E-state index is 0.146. The summed E-state index contributed by atoms with van der Waals surface area (Å²) in [7, 11) is -1.57. The second kappa shape index (κ2) is 3.67. The first-order chi connectivity index (χ1) is 5.63. The van der Waals surface area contributed by atoms with Gasteiger partial charge in [-0.2, -0.15) is 5.26 Å². The maximum atomic E-state index is 8.77. The maximum absolute atomic E-state index is 8.77. The van der Waals surface area contributed by atoms with Crippen LogP contribution in [0, 0.1) is 11.3 Å². The highest BCUT2D eigenvalue weighted by Crippen LogP contribution is 2.04. The van der Waals surface area contributed by atoms with Crippen LogP contribution in [0.3, 0.4) is 0 Å². The van der Waals surface area contributed by atoms with E-state index >= 15 is 0 Å². The summed E-state index contributed by atoms with van der Waals surface area (Å²) in [6, 6.07) is 4.55. The number of nitrogens with zero attached hydrogens (tertiary/aromatic N) is 2. The number of rotatable bonds is 1. The number of aromatic nitrogens is 1. The highest BCUT2D eigenvalue weighted by molar-refractivity contribution is 9.10.